The normalized spacial score (nSPS) is 13.5. The van der Waals surface area contributed by atoms with Crippen molar-refractivity contribution in [3.8, 4) is 0 Å². The smallest absolute Gasteiger partial charge is 0.0457 e. The summed E-state index contributed by atoms with van der Waals surface area (Å²) in [5.74, 6) is 0. The number of nitrogens with one attached hydrogen (secondary N) is 1. The number of hydrogen-bond acceptors (Lipinski definition) is 2. The van der Waals surface area contributed by atoms with E-state index in [1.54, 1.807) is 0 Å². The maximum Gasteiger partial charge on any atom is 0.0457 e. The minimum Gasteiger partial charge on any atom is -0.341 e. The first-order valence-corrected chi connectivity index (χ1v) is 8.43. The third-order valence-electron chi connectivity index (χ3n) is 3.96. The topological polar surface area (TPSA) is 15.3 Å². The molecule has 0 aliphatic carbocycles. The average molecular weight is 345 g/mol. The van der Waals surface area contributed by atoms with Crippen LogP contribution in [0.15, 0.2) is 46.9 Å². The molecule has 0 unspecified atom stereocenters. The van der Waals surface area contributed by atoms with Crippen LogP contribution in [0.3, 0.4) is 0 Å². The number of nitrogens with zero attached hydrogens (tertiary/aromatic N) is 1. The van der Waals surface area contributed by atoms with E-state index < -0.39 is 0 Å². The highest BCUT2D eigenvalue weighted by atomic mass is 79.9. The Morgan fingerprint density at radius 2 is 2.00 bits per heavy atom. The summed E-state index contributed by atoms with van der Waals surface area (Å²) in [6.45, 7) is 5.25. The minimum absolute atomic E-state index is 0.918. The van der Waals surface area contributed by atoms with Crippen LogP contribution in [0.5, 0.6) is 0 Å². The van der Waals surface area contributed by atoms with Crippen LogP contribution in [0.25, 0.3) is 0 Å². The van der Waals surface area contributed by atoms with Gasteiger partial charge < -0.3 is 10.2 Å². The summed E-state index contributed by atoms with van der Waals surface area (Å²) in [5.41, 5.74) is 5.49. The summed E-state index contributed by atoms with van der Waals surface area (Å²) in [6.07, 6.45) is 2.30. The fraction of sp³-hybridized carbons (Fsp3) is 0.333. The molecule has 1 aliphatic rings. The molecule has 3 heteroatoms. The van der Waals surface area contributed by atoms with E-state index >= 15 is 0 Å². The molecule has 2 nitrogen and oxygen atoms in total. The Kier molecular flexibility index (Phi) is 4.61. The van der Waals surface area contributed by atoms with Gasteiger partial charge in [0, 0.05) is 28.9 Å². The molecule has 0 radical (unpaired) electrons. The summed E-state index contributed by atoms with van der Waals surface area (Å²) >= 11 is 3.60. The lowest BCUT2D eigenvalue weighted by Gasteiger charge is -2.23. The standard InChI is InChI=1S/C18H21BrN2/c1-2-10-20-13-15-12-16(19)7-8-18(15)21-11-9-14-5-3-4-6-17(14)21/h3-8,12,20H,2,9-11,13H2,1H3. The van der Waals surface area contributed by atoms with Gasteiger partial charge in [-0.25, -0.2) is 0 Å². The van der Waals surface area contributed by atoms with Gasteiger partial charge in [-0.3, -0.25) is 0 Å². The van der Waals surface area contributed by atoms with E-state index in [4.69, 9.17) is 0 Å². The SMILES string of the molecule is CCCNCc1cc(Br)ccc1N1CCc2ccccc21. The van der Waals surface area contributed by atoms with Crippen molar-refractivity contribution in [3.05, 3.63) is 58.1 Å². The molecule has 0 amide bonds. The third-order valence-corrected chi connectivity index (χ3v) is 4.45. The first-order valence-electron chi connectivity index (χ1n) is 7.64. The van der Waals surface area contributed by atoms with Gasteiger partial charge >= 0.3 is 0 Å². The molecule has 0 spiro atoms. The zero-order chi connectivity index (χ0) is 14.7. The van der Waals surface area contributed by atoms with Crippen LogP contribution >= 0.6 is 15.9 Å². The highest BCUT2D eigenvalue weighted by Gasteiger charge is 2.21. The van der Waals surface area contributed by atoms with Gasteiger partial charge in [0.25, 0.3) is 0 Å². The Morgan fingerprint density at radius 3 is 2.86 bits per heavy atom. The first-order chi connectivity index (χ1) is 10.3. The number of fused-ring (bicyclic) bond motifs is 1. The molecule has 2 aromatic carbocycles. The third kappa shape index (κ3) is 3.14. The van der Waals surface area contributed by atoms with E-state index in [1.807, 2.05) is 0 Å². The summed E-state index contributed by atoms with van der Waals surface area (Å²) < 4.78 is 1.15. The zero-order valence-electron chi connectivity index (χ0n) is 12.4. The molecule has 1 N–H and O–H groups in total. The molecule has 1 aliphatic heterocycles. The van der Waals surface area contributed by atoms with Crippen LogP contribution in [0.2, 0.25) is 0 Å². The molecule has 0 bridgehead atoms. The van der Waals surface area contributed by atoms with Crippen molar-refractivity contribution in [1.82, 2.24) is 5.32 Å². The van der Waals surface area contributed by atoms with Gasteiger partial charge in [-0.1, -0.05) is 41.1 Å². The highest BCUT2D eigenvalue weighted by molar-refractivity contribution is 9.10. The Hall–Kier alpha value is -1.32. The minimum atomic E-state index is 0.918. The summed E-state index contributed by atoms with van der Waals surface area (Å²) in [5, 5.41) is 3.52. The predicted octanol–water partition coefficient (Wildman–Crippen LogP) is 4.64. The molecular weight excluding hydrogens is 324 g/mol. The molecule has 3 rings (SSSR count). The Labute approximate surface area is 135 Å². The van der Waals surface area contributed by atoms with E-state index in [1.165, 1.54) is 22.5 Å². The van der Waals surface area contributed by atoms with Gasteiger partial charge in [-0.05, 0) is 54.8 Å². The number of hydrogen-bond donors (Lipinski definition) is 1. The quantitative estimate of drug-likeness (QED) is 0.794. The number of benzene rings is 2. The monoisotopic (exact) mass is 344 g/mol. The molecule has 0 aromatic heterocycles. The van der Waals surface area contributed by atoms with Crippen LogP contribution in [-0.2, 0) is 13.0 Å². The maximum absolute atomic E-state index is 3.60. The van der Waals surface area contributed by atoms with Crippen molar-refractivity contribution in [3.63, 3.8) is 0 Å². The van der Waals surface area contributed by atoms with Gasteiger partial charge in [0.15, 0.2) is 0 Å². The first kappa shape index (κ1) is 14.6. The second kappa shape index (κ2) is 6.63. The predicted molar refractivity (Wildman–Crippen MR) is 93.3 cm³/mol. The molecular formula is C18H21BrN2. The van der Waals surface area contributed by atoms with Crippen molar-refractivity contribution in [1.29, 1.82) is 0 Å². The van der Waals surface area contributed by atoms with E-state index in [2.05, 4.69) is 75.5 Å². The van der Waals surface area contributed by atoms with Crippen LogP contribution in [0, 0.1) is 0 Å². The Bertz CT molecular complexity index is 624. The fourth-order valence-corrected chi connectivity index (χ4v) is 3.36. The van der Waals surface area contributed by atoms with E-state index in [9.17, 15) is 0 Å². The number of halogens is 1. The van der Waals surface area contributed by atoms with Crippen molar-refractivity contribution in [2.24, 2.45) is 0 Å². The van der Waals surface area contributed by atoms with Crippen LogP contribution in [-0.4, -0.2) is 13.1 Å². The average Bonchev–Trinajstić information content (AvgIpc) is 2.92. The number of anilines is 2. The van der Waals surface area contributed by atoms with Gasteiger partial charge in [-0.2, -0.15) is 0 Å². The lowest BCUT2D eigenvalue weighted by Crippen LogP contribution is -2.19. The van der Waals surface area contributed by atoms with Gasteiger partial charge in [0.1, 0.15) is 0 Å². The van der Waals surface area contributed by atoms with Crippen LogP contribution in [0.4, 0.5) is 11.4 Å². The van der Waals surface area contributed by atoms with Crippen molar-refractivity contribution >= 4 is 27.3 Å². The Balaban J connectivity index is 1.92. The van der Waals surface area contributed by atoms with Crippen molar-refractivity contribution in [2.45, 2.75) is 26.3 Å². The van der Waals surface area contributed by atoms with E-state index in [0.717, 1.165) is 36.9 Å². The molecule has 110 valence electrons. The van der Waals surface area contributed by atoms with E-state index in [0.29, 0.717) is 0 Å². The number of para-hydroxylation sites is 1. The zero-order valence-corrected chi connectivity index (χ0v) is 14.0. The molecule has 0 atom stereocenters. The summed E-state index contributed by atoms with van der Waals surface area (Å²) in [6, 6.07) is 15.3. The lowest BCUT2D eigenvalue weighted by molar-refractivity contribution is 0.674. The molecule has 0 saturated heterocycles. The molecule has 21 heavy (non-hydrogen) atoms. The maximum atomic E-state index is 3.60. The molecule has 0 fully saturated rings. The van der Waals surface area contributed by atoms with E-state index in [-0.39, 0.29) is 0 Å². The highest BCUT2D eigenvalue weighted by Crippen LogP contribution is 2.36. The van der Waals surface area contributed by atoms with Crippen molar-refractivity contribution < 1.29 is 0 Å². The van der Waals surface area contributed by atoms with Gasteiger partial charge in [-0.15, -0.1) is 0 Å². The largest absolute Gasteiger partial charge is 0.341 e. The van der Waals surface area contributed by atoms with Gasteiger partial charge in [0.05, 0.1) is 0 Å². The van der Waals surface area contributed by atoms with Crippen LogP contribution < -0.4 is 10.2 Å². The lowest BCUT2D eigenvalue weighted by atomic mass is 10.1. The second-order valence-electron chi connectivity index (χ2n) is 5.48. The number of rotatable bonds is 5. The molecule has 1 heterocycles. The van der Waals surface area contributed by atoms with Crippen LogP contribution in [0.1, 0.15) is 24.5 Å². The fourth-order valence-electron chi connectivity index (χ4n) is 2.95. The second-order valence-corrected chi connectivity index (χ2v) is 6.40. The molecule has 2 aromatic rings. The Morgan fingerprint density at radius 1 is 1.14 bits per heavy atom. The summed E-state index contributed by atoms with van der Waals surface area (Å²) in [4.78, 5) is 2.45. The summed E-state index contributed by atoms with van der Waals surface area (Å²) in [7, 11) is 0. The molecule has 0 saturated carbocycles. The van der Waals surface area contributed by atoms with Gasteiger partial charge in [0.2, 0.25) is 0 Å². The van der Waals surface area contributed by atoms with Crippen molar-refractivity contribution in [2.75, 3.05) is 18.0 Å².